The van der Waals surface area contributed by atoms with Crippen LogP contribution in [0.4, 0.5) is 0 Å². The van der Waals surface area contributed by atoms with Crippen molar-refractivity contribution in [1.82, 2.24) is 15.6 Å². The number of pyridine rings is 1. The molecule has 1 aliphatic rings. The molecule has 0 radical (unpaired) electrons. The molecule has 1 aliphatic heterocycles. The van der Waals surface area contributed by atoms with E-state index in [9.17, 15) is 0 Å². The molecule has 7 heteroatoms. The molecule has 7 nitrogen and oxygen atoms in total. The van der Waals surface area contributed by atoms with Gasteiger partial charge in [0, 0.05) is 18.8 Å². The molecule has 0 spiro atoms. The summed E-state index contributed by atoms with van der Waals surface area (Å²) in [5, 5.41) is 6.57. The number of nitrogens with one attached hydrogen (secondary N) is 2. The van der Waals surface area contributed by atoms with Crippen LogP contribution in [0.3, 0.4) is 0 Å². The second-order valence-corrected chi connectivity index (χ2v) is 6.43. The Morgan fingerprint density at radius 3 is 2.79 bits per heavy atom. The van der Waals surface area contributed by atoms with Crippen LogP contribution in [0.2, 0.25) is 0 Å². The van der Waals surface area contributed by atoms with Crippen molar-refractivity contribution in [2.45, 2.75) is 32.9 Å². The van der Waals surface area contributed by atoms with Gasteiger partial charge in [-0.15, -0.1) is 0 Å². The molecule has 150 valence electrons. The van der Waals surface area contributed by atoms with Crippen LogP contribution in [0.15, 0.2) is 47.6 Å². The minimum absolute atomic E-state index is 0.0737. The van der Waals surface area contributed by atoms with Gasteiger partial charge in [-0.2, -0.15) is 0 Å². The second kappa shape index (κ2) is 10.4. The Kier molecular flexibility index (Phi) is 7.35. The molecular weight excluding hydrogens is 356 g/mol. The Bertz CT molecular complexity index is 765. The van der Waals surface area contributed by atoms with Gasteiger partial charge >= 0.3 is 0 Å². The van der Waals surface area contributed by atoms with Crippen molar-refractivity contribution in [2.24, 2.45) is 4.99 Å². The summed E-state index contributed by atoms with van der Waals surface area (Å²) < 4.78 is 17.2. The fraction of sp³-hybridized carbons (Fsp3) is 0.429. The Hall–Kier alpha value is -2.96. The number of guanidine groups is 1. The molecule has 0 saturated carbocycles. The first kappa shape index (κ1) is 19.8. The molecular formula is C21H28N4O3. The Morgan fingerprint density at radius 2 is 2.04 bits per heavy atom. The van der Waals surface area contributed by atoms with E-state index in [2.05, 4.69) is 27.5 Å². The van der Waals surface area contributed by atoms with E-state index in [1.54, 1.807) is 6.20 Å². The molecule has 0 bridgehead atoms. The Balaban J connectivity index is 1.51. The van der Waals surface area contributed by atoms with E-state index in [1.807, 2.05) is 43.3 Å². The fourth-order valence-corrected chi connectivity index (χ4v) is 2.68. The van der Waals surface area contributed by atoms with Crippen LogP contribution < -0.4 is 24.8 Å². The molecule has 1 atom stereocenters. The lowest BCUT2D eigenvalue weighted by atomic mass is 10.2. The first-order chi connectivity index (χ1) is 13.8. The van der Waals surface area contributed by atoms with E-state index in [4.69, 9.17) is 14.2 Å². The second-order valence-electron chi connectivity index (χ2n) is 6.43. The molecule has 0 saturated heterocycles. The third kappa shape index (κ3) is 5.77. The Morgan fingerprint density at radius 1 is 1.18 bits per heavy atom. The van der Waals surface area contributed by atoms with Gasteiger partial charge in [0.05, 0.1) is 19.7 Å². The van der Waals surface area contributed by atoms with Crippen LogP contribution in [0, 0.1) is 0 Å². The average Bonchev–Trinajstić information content (AvgIpc) is 2.75. The van der Waals surface area contributed by atoms with E-state index >= 15 is 0 Å². The quantitative estimate of drug-likeness (QED) is 0.538. The lowest BCUT2D eigenvalue weighted by Crippen LogP contribution is -2.45. The maximum absolute atomic E-state index is 5.97. The predicted octanol–water partition coefficient (Wildman–Crippen LogP) is 2.77. The van der Waals surface area contributed by atoms with Gasteiger partial charge in [0.15, 0.2) is 17.5 Å². The molecule has 2 N–H and O–H groups in total. The number of aliphatic imine (C=N–C) groups is 1. The third-order valence-electron chi connectivity index (χ3n) is 4.08. The summed E-state index contributed by atoms with van der Waals surface area (Å²) in [4.78, 5) is 8.93. The van der Waals surface area contributed by atoms with Crippen molar-refractivity contribution in [3.8, 4) is 17.4 Å². The summed E-state index contributed by atoms with van der Waals surface area (Å²) >= 11 is 0. The van der Waals surface area contributed by atoms with Gasteiger partial charge in [0.25, 0.3) is 0 Å². The number of fused-ring (bicyclic) bond motifs is 1. The van der Waals surface area contributed by atoms with Gasteiger partial charge in [-0.1, -0.05) is 25.1 Å². The highest BCUT2D eigenvalue weighted by atomic mass is 16.6. The summed E-state index contributed by atoms with van der Waals surface area (Å²) in [6.45, 7) is 7.20. The number of benzene rings is 1. The van der Waals surface area contributed by atoms with Gasteiger partial charge in [0.1, 0.15) is 12.7 Å². The molecule has 1 aromatic heterocycles. The van der Waals surface area contributed by atoms with E-state index in [0.29, 0.717) is 32.2 Å². The lowest BCUT2D eigenvalue weighted by Gasteiger charge is -2.27. The molecule has 1 unspecified atom stereocenters. The molecule has 1 aromatic carbocycles. The summed E-state index contributed by atoms with van der Waals surface area (Å²) in [5.74, 6) is 2.95. The lowest BCUT2D eigenvalue weighted by molar-refractivity contribution is 0.0936. The highest BCUT2D eigenvalue weighted by Crippen LogP contribution is 2.30. The van der Waals surface area contributed by atoms with Crippen LogP contribution in [-0.2, 0) is 6.54 Å². The van der Waals surface area contributed by atoms with Crippen molar-refractivity contribution in [3.05, 3.63) is 48.2 Å². The van der Waals surface area contributed by atoms with E-state index in [-0.39, 0.29) is 6.10 Å². The first-order valence-electron chi connectivity index (χ1n) is 9.77. The van der Waals surface area contributed by atoms with Crippen molar-refractivity contribution < 1.29 is 14.2 Å². The molecule has 2 aromatic rings. The normalized spacial score (nSPS) is 15.8. The van der Waals surface area contributed by atoms with Crippen molar-refractivity contribution in [3.63, 3.8) is 0 Å². The van der Waals surface area contributed by atoms with Gasteiger partial charge in [-0.25, -0.2) is 9.98 Å². The minimum atomic E-state index is -0.0737. The maximum Gasteiger partial charge on any atom is 0.213 e. The zero-order valence-electron chi connectivity index (χ0n) is 16.5. The average molecular weight is 384 g/mol. The zero-order chi connectivity index (χ0) is 19.6. The first-order valence-corrected chi connectivity index (χ1v) is 9.77. The summed E-state index contributed by atoms with van der Waals surface area (Å²) in [5.41, 5.74) is 1.02. The van der Waals surface area contributed by atoms with E-state index < -0.39 is 0 Å². The standard InChI is InChI=1S/C21H28N4O3/c1-3-11-26-20-10-9-16(12-23-20)13-24-21(22-4-2)25-14-17-15-27-18-7-5-6-8-19(18)28-17/h5-10,12,17H,3-4,11,13-15H2,1-2H3,(H2,22,24,25). The van der Waals surface area contributed by atoms with E-state index in [1.165, 1.54) is 0 Å². The van der Waals surface area contributed by atoms with Crippen molar-refractivity contribution in [2.75, 3.05) is 26.3 Å². The molecule has 0 fully saturated rings. The third-order valence-corrected chi connectivity index (χ3v) is 4.08. The van der Waals surface area contributed by atoms with Gasteiger partial charge < -0.3 is 24.8 Å². The summed E-state index contributed by atoms with van der Waals surface area (Å²) in [7, 11) is 0. The van der Waals surface area contributed by atoms with Crippen molar-refractivity contribution in [1.29, 1.82) is 0 Å². The molecule has 3 rings (SSSR count). The van der Waals surface area contributed by atoms with Crippen LogP contribution in [0.5, 0.6) is 17.4 Å². The van der Waals surface area contributed by atoms with Crippen LogP contribution in [0.25, 0.3) is 0 Å². The van der Waals surface area contributed by atoms with Gasteiger partial charge in [-0.3, -0.25) is 0 Å². The number of hydrogen-bond donors (Lipinski definition) is 2. The topological polar surface area (TPSA) is 77.0 Å². The number of aromatic nitrogens is 1. The molecule has 0 aliphatic carbocycles. The zero-order valence-corrected chi connectivity index (χ0v) is 16.5. The summed E-state index contributed by atoms with van der Waals surface area (Å²) in [6.07, 6.45) is 2.69. The van der Waals surface area contributed by atoms with E-state index in [0.717, 1.165) is 36.0 Å². The molecule has 0 amide bonds. The van der Waals surface area contributed by atoms with Gasteiger partial charge in [-0.05, 0) is 31.0 Å². The van der Waals surface area contributed by atoms with Crippen LogP contribution >= 0.6 is 0 Å². The Labute approximate surface area is 166 Å². The smallest absolute Gasteiger partial charge is 0.213 e. The number of para-hydroxylation sites is 2. The largest absolute Gasteiger partial charge is 0.486 e. The fourth-order valence-electron chi connectivity index (χ4n) is 2.68. The van der Waals surface area contributed by atoms with Crippen LogP contribution in [0.1, 0.15) is 25.8 Å². The van der Waals surface area contributed by atoms with Gasteiger partial charge in [0.2, 0.25) is 5.88 Å². The maximum atomic E-state index is 5.97. The summed E-state index contributed by atoms with van der Waals surface area (Å²) in [6, 6.07) is 11.6. The minimum Gasteiger partial charge on any atom is -0.486 e. The number of ether oxygens (including phenoxy) is 3. The highest BCUT2D eigenvalue weighted by molar-refractivity contribution is 5.79. The van der Waals surface area contributed by atoms with Crippen LogP contribution in [-0.4, -0.2) is 43.4 Å². The van der Waals surface area contributed by atoms with Crippen molar-refractivity contribution >= 4 is 5.96 Å². The number of hydrogen-bond acceptors (Lipinski definition) is 5. The molecule has 28 heavy (non-hydrogen) atoms. The highest BCUT2D eigenvalue weighted by Gasteiger charge is 2.20. The SMILES string of the molecule is CCCOc1ccc(CN=C(NCC)NCC2COc3ccccc3O2)cn1. The predicted molar refractivity (Wildman–Crippen MR) is 109 cm³/mol. The monoisotopic (exact) mass is 384 g/mol. The number of rotatable bonds is 8. The number of nitrogens with zero attached hydrogens (tertiary/aromatic N) is 2. The molecule has 2 heterocycles.